The minimum Gasteiger partial charge on any atom is -0.477 e. The first-order valence-electron chi connectivity index (χ1n) is 6.95. The normalized spacial score (nSPS) is 13.3. The van der Waals surface area contributed by atoms with E-state index < -0.39 is 11.7 Å². The Hall–Kier alpha value is -2.54. The van der Waals surface area contributed by atoms with E-state index in [1.165, 1.54) is 10.8 Å². The summed E-state index contributed by atoms with van der Waals surface area (Å²) in [7, 11) is 0. The van der Waals surface area contributed by atoms with Crippen LogP contribution in [0.25, 0.3) is 6.20 Å². The topological polar surface area (TPSA) is 81.3 Å². The average Bonchev–Trinajstić information content (AvgIpc) is 2.57. The summed E-state index contributed by atoms with van der Waals surface area (Å²) in [6.45, 7) is 1.82. The molecule has 0 spiro atoms. The van der Waals surface area contributed by atoms with Crippen LogP contribution in [0.3, 0.4) is 0 Å². The Kier molecular flexibility index (Phi) is 3.96. The van der Waals surface area contributed by atoms with E-state index >= 15 is 0 Å². The van der Waals surface area contributed by atoms with E-state index in [0.29, 0.717) is 17.0 Å². The molecule has 7 heteroatoms. The molecule has 0 bridgehead atoms. The first-order valence-corrected chi connectivity index (χ1v) is 7.94. The highest BCUT2D eigenvalue weighted by Gasteiger charge is 2.22. The van der Waals surface area contributed by atoms with Crippen molar-refractivity contribution in [1.82, 2.24) is 9.13 Å². The van der Waals surface area contributed by atoms with E-state index in [0.717, 1.165) is 21.9 Å². The monoisotopic (exact) mass is 330 g/mol. The molecule has 1 N–H and O–H groups in total. The summed E-state index contributed by atoms with van der Waals surface area (Å²) in [5.41, 5.74) is 1.00. The SMILES string of the molecule is Cc1c2n(c(=O)n(Cc3ccccc3)c1=O)C=C(C(=O)O)SC2. The Bertz CT molecular complexity index is 926. The molecule has 2 heterocycles. The molecule has 0 fully saturated rings. The second-order valence-electron chi connectivity index (χ2n) is 5.19. The minimum atomic E-state index is -1.08. The predicted molar refractivity (Wildman–Crippen MR) is 88.4 cm³/mol. The van der Waals surface area contributed by atoms with Crippen molar-refractivity contribution < 1.29 is 9.90 Å². The molecule has 118 valence electrons. The molecule has 6 nitrogen and oxygen atoms in total. The summed E-state index contributed by atoms with van der Waals surface area (Å²) in [6, 6.07) is 9.19. The molecule has 0 amide bonds. The van der Waals surface area contributed by atoms with Gasteiger partial charge in [0.2, 0.25) is 0 Å². The zero-order valence-electron chi connectivity index (χ0n) is 12.4. The summed E-state index contributed by atoms with van der Waals surface area (Å²) >= 11 is 1.11. The van der Waals surface area contributed by atoms with Gasteiger partial charge < -0.3 is 5.11 Å². The van der Waals surface area contributed by atoms with Crippen LogP contribution in [0, 0.1) is 6.92 Å². The number of thioether (sulfide) groups is 1. The van der Waals surface area contributed by atoms with Crippen LogP contribution in [-0.4, -0.2) is 20.2 Å². The molecule has 1 aromatic carbocycles. The van der Waals surface area contributed by atoms with Crippen LogP contribution < -0.4 is 11.2 Å². The molecule has 1 aromatic heterocycles. The molecule has 0 aliphatic carbocycles. The zero-order valence-corrected chi connectivity index (χ0v) is 13.2. The highest BCUT2D eigenvalue weighted by atomic mass is 32.2. The van der Waals surface area contributed by atoms with Gasteiger partial charge in [0.15, 0.2) is 0 Å². The van der Waals surface area contributed by atoms with Gasteiger partial charge in [-0.15, -0.1) is 11.8 Å². The Morgan fingerprint density at radius 1 is 1.26 bits per heavy atom. The van der Waals surface area contributed by atoms with Crippen LogP contribution in [0.2, 0.25) is 0 Å². The van der Waals surface area contributed by atoms with E-state index in [9.17, 15) is 14.4 Å². The summed E-state index contributed by atoms with van der Waals surface area (Å²) in [4.78, 5) is 36.3. The van der Waals surface area contributed by atoms with E-state index in [1.54, 1.807) is 6.92 Å². The number of aliphatic carboxylic acids is 1. The Morgan fingerprint density at radius 2 is 1.96 bits per heavy atom. The predicted octanol–water partition coefficient (Wildman–Crippen LogP) is 1.50. The molecular weight excluding hydrogens is 316 g/mol. The lowest BCUT2D eigenvalue weighted by Crippen LogP contribution is -2.42. The molecule has 2 aromatic rings. The third kappa shape index (κ3) is 2.75. The standard InChI is InChI=1S/C16H14N2O4S/c1-10-12-9-23-13(15(20)21)8-17(12)16(22)18(14(10)19)7-11-5-3-2-4-6-11/h2-6,8H,7,9H2,1H3,(H,20,21). The highest BCUT2D eigenvalue weighted by molar-refractivity contribution is 8.03. The van der Waals surface area contributed by atoms with E-state index in [2.05, 4.69) is 0 Å². The van der Waals surface area contributed by atoms with E-state index in [-0.39, 0.29) is 17.0 Å². The largest absolute Gasteiger partial charge is 0.477 e. The molecule has 1 aliphatic rings. The van der Waals surface area contributed by atoms with Crippen molar-refractivity contribution in [2.75, 3.05) is 0 Å². The smallest absolute Gasteiger partial charge is 0.343 e. The van der Waals surface area contributed by atoms with E-state index in [4.69, 9.17) is 5.11 Å². The van der Waals surface area contributed by atoms with Gasteiger partial charge in [-0.25, -0.2) is 9.59 Å². The lowest BCUT2D eigenvalue weighted by atomic mass is 10.2. The molecule has 0 saturated carbocycles. The van der Waals surface area contributed by atoms with Gasteiger partial charge in [0.25, 0.3) is 5.56 Å². The van der Waals surface area contributed by atoms with Gasteiger partial charge in [-0.1, -0.05) is 30.3 Å². The number of carbonyl (C=O) groups is 1. The average molecular weight is 330 g/mol. The third-order valence-corrected chi connectivity index (χ3v) is 4.74. The van der Waals surface area contributed by atoms with Crippen LogP contribution in [0.5, 0.6) is 0 Å². The maximum absolute atomic E-state index is 12.6. The van der Waals surface area contributed by atoms with Gasteiger partial charge in [-0.2, -0.15) is 0 Å². The van der Waals surface area contributed by atoms with Gasteiger partial charge >= 0.3 is 11.7 Å². The lowest BCUT2D eigenvalue weighted by Gasteiger charge is -2.19. The first-order chi connectivity index (χ1) is 11.0. The van der Waals surface area contributed by atoms with Crippen LogP contribution in [0.15, 0.2) is 44.8 Å². The fourth-order valence-corrected chi connectivity index (χ4v) is 3.42. The minimum absolute atomic E-state index is 0.0870. The van der Waals surface area contributed by atoms with Gasteiger partial charge in [-0.05, 0) is 12.5 Å². The fraction of sp³-hybridized carbons (Fsp3) is 0.188. The van der Waals surface area contributed by atoms with Gasteiger partial charge in [0, 0.05) is 23.2 Å². The van der Waals surface area contributed by atoms with Crippen molar-refractivity contribution in [1.29, 1.82) is 0 Å². The highest BCUT2D eigenvalue weighted by Crippen LogP contribution is 2.27. The third-order valence-electron chi connectivity index (χ3n) is 3.73. The Morgan fingerprint density at radius 3 is 2.61 bits per heavy atom. The lowest BCUT2D eigenvalue weighted by molar-refractivity contribution is -0.131. The number of fused-ring (bicyclic) bond motifs is 1. The van der Waals surface area contributed by atoms with Crippen molar-refractivity contribution in [2.45, 2.75) is 19.2 Å². The van der Waals surface area contributed by atoms with Crippen molar-refractivity contribution in [3.8, 4) is 0 Å². The molecule has 0 atom stereocenters. The summed E-state index contributed by atoms with van der Waals surface area (Å²) in [5.74, 6) is -0.785. The maximum atomic E-state index is 12.6. The van der Waals surface area contributed by atoms with Gasteiger partial charge in [0.1, 0.15) is 4.91 Å². The van der Waals surface area contributed by atoms with Crippen LogP contribution in [-0.2, 0) is 17.1 Å². The summed E-state index contributed by atoms with van der Waals surface area (Å²) < 4.78 is 2.42. The molecular formula is C16H14N2O4S. The van der Waals surface area contributed by atoms with Crippen molar-refractivity contribution in [3.05, 3.63) is 72.9 Å². The van der Waals surface area contributed by atoms with Crippen LogP contribution >= 0.6 is 11.8 Å². The number of carboxylic acid groups (broad SMARTS) is 1. The number of aromatic nitrogens is 2. The van der Waals surface area contributed by atoms with E-state index in [1.807, 2.05) is 30.3 Å². The maximum Gasteiger partial charge on any atom is 0.343 e. The molecule has 0 radical (unpaired) electrons. The number of hydrogen-bond acceptors (Lipinski definition) is 4. The van der Waals surface area contributed by atoms with Crippen molar-refractivity contribution in [3.63, 3.8) is 0 Å². The number of nitrogens with zero attached hydrogens (tertiary/aromatic N) is 2. The fourth-order valence-electron chi connectivity index (χ4n) is 2.47. The first kappa shape index (κ1) is 15.4. The van der Waals surface area contributed by atoms with Gasteiger partial charge in [0.05, 0.1) is 6.54 Å². The second-order valence-corrected chi connectivity index (χ2v) is 6.21. The second kappa shape index (κ2) is 5.92. The number of hydrogen-bond donors (Lipinski definition) is 1. The molecule has 3 rings (SSSR count). The summed E-state index contributed by atoms with van der Waals surface area (Å²) in [5, 5.41) is 9.11. The summed E-state index contributed by atoms with van der Waals surface area (Å²) in [6.07, 6.45) is 1.29. The molecule has 23 heavy (non-hydrogen) atoms. The Balaban J connectivity index is 2.19. The van der Waals surface area contributed by atoms with Gasteiger partial charge in [-0.3, -0.25) is 13.9 Å². The van der Waals surface area contributed by atoms with Crippen LogP contribution in [0.1, 0.15) is 16.8 Å². The molecule has 1 aliphatic heterocycles. The zero-order chi connectivity index (χ0) is 16.6. The number of carboxylic acids is 1. The van der Waals surface area contributed by atoms with Crippen LogP contribution in [0.4, 0.5) is 0 Å². The molecule has 0 unspecified atom stereocenters. The van der Waals surface area contributed by atoms with Crippen molar-refractivity contribution >= 4 is 23.9 Å². The quantitative estimate of drug-likeness (QED) is 0.922. The Labute approximate surface area is 135 Å². The molecule has 0 saturated heterocycles. The number of rotatable bonds is 3. The van der Waals surface area contributed by atoms with Crippen molar-refractivity contribution in [2.24, 2.45) is 0 Å². The number of benzene rings is 1.